The average Bonchev–Trinajstić information content (AvgIpc) is 3.75. The van der Waals surface area contributed by atoms with Crippen LogP contribution in [0.2, 0.25) is 0 Å². The van der Waals surface area contributed by atoms with Gasteiger partial charge in [-0.25, -0.2) is 4.98 Å². The van der Waals surface area contributed by atoms with E-state index in [4.69, 9.17) is 9.40 Å². The maximum absolute atomic E-state index is 6.87. The van der Waals surface area contributed by atoms with Crippen LogP contribution in [-0.4, -0.2) is 14.1 Å². The van der Waals surface area contributed by atoms with Crippen molar-refractivity contribution in [3.8, 4) is 33.9 Å². The molecule has 3 aromatic heterocycles. The van der Waals surface area contributed by atoms with E-state index in [2.05, 4.69) is 150 Å². The molecule has 0 aliphatic heterocycles. The molecule has 8 aromatic rings. The highest BCUT2D eigenvalue weighted by molar-refractivity contribution is 6.13. The first kappa shape index (κ1) is 23.4. The first-order valence-electron chi connectivity index (χ1n) is 14.4. The van der Waals surface area contributed by atoms with Crippen molar-refractivity contribution in [1.29, 1.82) is 0 Å². The molecule has 200 valence electrons. The van der Waals surface area contributed by atoms with Crippen LogP contribution in [0.1, 0.15) is 25.2 Å². The van der Waals surface area contributed by atoms with Gasteiger partial charge in [0.05, 0.1) is 16.6 Å². The van der Waals surface area contributed by atoms with Gasteiger partial charge in [0.1, 0.15) is 17.1 Å². The molecule has 4 heteroatoms. The van der Waals surface area contributed by atoms with Crippen molar-refractivity contribution in [2.75, 3.05) is 0 Å². The quantitative estimate of drug-likeness (QED) is 0.223. The fraction of sp³-hybridized carbons (Fsp3) is 0.0789. The number of fused-ring (bicyclic) bond motifs is 8. The van der Waals surface area contributed by atoms with Crippen molar-refractivity contribution >= 4 is 33.0 Å². The molecular weight excluding hydrogens is 514 g/mol. The van der Waals surface area contributed by atoms with Gasteiger partial charge < -0.3 is 8.98 Å². The zero-order chi connectivity index (χ0) is 28.0. The van der Waals surface area contributed by atoms with Gasteiger partial charge in [0.25, 0.3) is 0 Å². The van der Waals surface area contributed by atoms with Gasteiger partial charge in [0, 0.05) is 33.3 Å². The fourth-order valence-corrected chi connectivity index (χ4v) is 6.95. The molecule has 0 atom stereocenters. The van der Waals surface area contributed by atoms with Crippen LogP contribution in [0.3, 0.4) is 0 Å². The Kier molecular flexibility index (Phi) is 4.64. The molecular formula is C38H27N3O. The minimum atomic E-state index is -0.273. The van der Waals surface area contributed by atoms with Gasteiger partial charge in [0.2, 0.25) is 0 Å². The Hall–Kier alpha value is -5.35. The summed E-state index contributed by atoms with van der Waals surface area (Å²) in [4.78, 5) is 5.16. The Labute approximate surface area is 243 Å². The molecule has 5 aromatic carbocycles. The van der Waals surface area contributed by atoms with Crippen molar-refractivity contribution in [3.63, 3.8) is 0 Å². The molecule has 0 saturated heterocycles. The summed E-state index contributed by atoms with van der Waals surface area (Å²) >= 11 is 0. The number of imidazole rings is 1. The van der Waals surface area contributed by atoms with E-state index in [1.807, 2.05) is 0 Å². The molecule has 0 N–H and O–H groups in total. The summed E-state index contributed by atoms with van der Waals surface area (Å²) in [5, 5.41) is 1.13. The first-order valence-corrected chi connectivity index (χ1v) is 14.4. The molecule has 0 saturated carbocycles. The molecule has 1 aliphatic rings. The van der Waals surface area contributed by atoms with E-state index in [0.29, 0.717) is 0 Å². The molecule has 0 fully saturated rings. The summed E-state index contributed by atoms with van der Waals surface area (Å²) in [6.45, 7) is 4.54. The monoisotopic (exact) mass is 541 g/mol. The number of benzene rings is 5. The molecule has 0 amide bonds. The number of nitrogens with zero attached hydrogens (tertiary/aromatic N) is 3. The number of hydrogen-bond donors (Lipinski definition) is 0. The third-order valence-corrected chi connectivity index (χ3v) is 8.87. The van der Waals surface area contributed by atoms with Crippen LogP contribution < -0.4 is 0 Å². The van der Waals surface area contributed by atoms with Gasteiger partial charge >= 0.3 is 0 Å². The highest BCUT2D eigenvalue weighted by atomic mass is 16.3. The van der Waals surface area contributed by atoms with Crippen molar-refractivity contribution in [2.45, 2.75) is 19.3 Å². The van der Waals surface area contributed by atoms with E-state index < -0.39 is 0 Å². The average molecular weight is 542 g/mol. The highest BCUT2D eigenvalue weighted by Gasteiger charge is 2.42. The van der Waals surface area contributed by atoms with E-state index in [1.165, 1.54) is 16.7 Å². The Morgan fingerprint density at radius 2 is 1.29 bits per heavy atom. The highest BCUT2D eigenvalue weighted by Crippen LogP contribution is 2.55. The Balaban J connectivity index is 1.36. The summed E-state index contributed by atoms with van der Waals surface area (Å²) < 4.78 is 11.5. The van der Waals surface area contributed by atoms with E-state index >= 15 is 0 Å². The molecule has 42 heavy (non-hydrogen) atoms. The minimum Gasteiger partial charge on any atom is -0.457 e. The van der Waals surface area contributed by atoms with Crippen molar-refractivity contribution in [3.05, 3.63) is 139 Å². The number of aromatic nitrogens is 3. The van der Waals surface area contributed by atoms with Crippen LogP contribution >= 0.6 is 0 Å². The molecule has 0 spiro atoms. The predicted molar refractivity (Wildman–Crippen MR) is 171 cm³/mol. The Bertz CT molecular complexity index is 2320. The molecule has 1 aliphatic carbocycles. The summed E-state index contributed by atoms with van der Waals surface area (Å²) in [5.41, 5.74) is 12.0. The zero-order valence-electron chi connectivity index (χ0n) is 23.4. The van der Waals surface area contributed by atoms with Crippen LogP contribution in [-0.2, 0) is 5.41 Å². The van der Waals surface area contributed by atoms with Gasteiger partial charge in [0.15, 0.2) is 5.58 Å². The first-order chi connectivity index (χ1) is 20.6. The molecule has 4 nitrogen and oxygen atoms in total. The standard InChI is InChI=1S/C38H27N3O/c1-38(2)29-22-21-24(37-39-30-18-10-12-20-32(30)41(37)26-15-7-4-8-16-26)23-28(29)33-34-35(42-36(33)38)27-17-9-11-19-31(27)40(34)25-13-5-3-6-14-25/h3-23H,1-2H3. The maximum Gasteiger partial charge on any atom is 0.161 e. The summed E-state index contributed by atoms with van der Waals surface area (Å²) in [6, 6.07) is 44.8. The number of furan rings is 1. The second-order valence-electron chi connectivity index (χ2n) is 11.7. The van der Waals surface area contributed by atoms with Crippen molar-refractivity contribution in [2.24, 2.45) is 0 Å². The topological polar surface area (TPSA) is 35.9 Å². The summed E-state index contributed by atoms with van der Waals surface area (Å²) in [6.07, 6.45) is 0. The van der Waals surface area contributed by atoms with Crippen LogP contribution in [0.25, 0.3) is 66.9 Å². The predicted octanol–water partition coefficient (Wildman–Crippen LogP) is 9.69. The van der Waals surface area contributed by atoms with E-state index in [0.717, 1.165) is 61.6 Å². The van der Waals surface area contributed by atoms with E-state index in [9.17, 15) is 0 Å². The lowest BCUT2D eigenvalue weighted by atomic mass is 9.85. The van der Waals surface area contributed by atoms with Crippen molar-refractivity contribution in [1.82, 2.24) is 14.1 Å². The third-order valence-electron chi connectivity index (χ3n) is 8.87. The summed E-state index contributed by atoms with van der Waals surface area (Å²) in [5.74, 6) is 1.95. The Morgan fingerprint density at radius 3 is 2.05 bits per heavy atom. The van der Waals surface area contributed by atoms with E-state index in [-0.39, 0.29) is 5.41 Å². The lowest BCUT2D eigenvalue weighted by Gasteiger charge is -2.19. The second-order valence-corrected chi connectivity index (χ2v) is 11.7. The normalized spacial score (nSPS) is 13.7. The molecule has 9 rings (SSSR count). The van der Waals surface area contributed by atoms with Crippen LogP contribution in [0.15, 0.2) is 132 Å². The van der Waals surface area contributed by atoms with Gasteiger partial charge in [-0.2, -0.15) is 0 Å². The van der Waals surface area contributed by atoms with Gasteiger partial charge in [-0.1, -0.05) is 72.8 Å². The van der Waals surface area contributed by atoms with E-state index in [1.54, 1.807) is 0 Å². The van der Waals surface area contributed by atoms with Crippen molar-refractivity contribution < 1.29 is 4.42 Å². The zero-order valence-corrected chi connectivity index (χ0v) is 23.4. The van der Waals surface area contributed by atoms with Crippen LogP contribution in [0, 0.1) is 0 Å². The van der Waals surface area contributed by atoms with Crippen LogP contribution in [0.5, 0.6) is 0 Å². The summed E-state index contributed by atoms with van der Waals surface area (Å²) in [7, 11) is 0. The molecule has 0 unspecified atom stereocenters. The largest absolute Gasteiger partial charge is 0.457 e. The maximum atomic E-state index is 6.87. The third kappa shape index (κ3) is 3.04. The molecule has 0 bridgehead atoms. The fourth-order valence-electron chi connectivity index (χ4n) is 6.95. The SMILES string of the molecule is CC1(C)c2ccc(-c3nc4ccccc4n3-c3ccccc3)cc2-c2c1oc1c3ccccc3n(-c3ccccc3)c21. The van der Waals surface area contributed by atoms with Gasteiger partial charge in [-0.3, -0.25) is 4.57 Å². The van der Waals surface area contributed by atoms with Crippen LogP contribution in [0.4, 0.5) is 0 Å². The minimum absolute atomic E-state index is 0.273. The smallest absolute Gasteiger partial charge is 0.161 e. The van der Waals surface area contributed by atoms with Gasteiger partial charge in [-0.05, 0) is 79.6 Å². The number of para-hydroxylation sites is 5. The molecule has 3 heterocycles. The Morgan fingerprint density at radius 1 is 0.643 bits per heavy atom. The van der Waals surface area contributed by atoms with Gasteiger partial charge in [-0.15, -0.1) is 0 Å². The lowest BCUT2D eigenvalue weighted by Crippen LogP contribution is -2.14. The second kappa shape index (κ2) is 8.34. The lowest BCUT2D eigenvalue weighted by molar-refractivity contribution is 0.466. The number of hydrogen-bond acceptors (Lipinski definition) is 2. The molecule has 0 radical (unpaired) electrons. The number of rotatable bonds is 3.